The molecule has 1 unspecified atom stereocenters. The van der Waals surface area contributed by atoms with Crippen LogP contribution in [0.2, 0.25) is 5.02 Å². The number of carbonyl (C=O) groups excluding carboxylic acids is 1. The van der Waals surface area contributed by atoms with Gasteiger partial charge in [0.15, 0.2) is 25.3 Å². The van der Waals surface area contributed by atoms with Crippen molar-refractivity contribution in [1.29, 1.82) is 0 Å². The number of nitrogen functional groups attached to an aromatic ring is 1. The van der Waals surface area contributed by atoms with Gasteiger partial charge in [0.25, 0.3) is 5.56 Å². The summed E-state index contributed by atoms with van der Waals surface area (Å²) in [6, 6.07) is 14.1. The lowest BCUT2D eigenvalue weighted by Gasteiger charge is -2.18. The summed E-state index contributed by atoms with van der Waals surface area (Å²) in [5.74, 6) is 0.472. The standard InChI is InChI=1S/C24H25ClN5O6P/c1-33-19-7-5-17(6-8-19)20(31)13-36-37(35-12-16-3-2-4-18(25)11-16)15-34-10-9-30-14-27-21-22(30)28-24(26)29-23(21)32/h2-8,11,14H,9-10,12-13,15H2,1H3,(H3,26,28,29,32). The lowest BCUT2D eigenvalue weighted by atomic mass is 10.1. The Kier molecular flexibility index (Phi) is 9.21. The van der Waals surface area contributed by atoms with Crippen LogP contribution in [0, 0.1) is 0 Å². The zero-order chi connectivity index (χ0) is 26.2. The van der Waals surface area contributed by atoms with E-state index in [1.807, 2.05) is 12.1 Å². The van der Waals surface area contributed by atoms with Gasteiger partial charge in [-0.1, -0.05) is 23.7 Å². The minimum Gasteiger partial charge on any atom is -0.497 e. The van der Waals surface area contributed by atoms with Gasteiger partial charge in [0.05, 0.1) is 26.7 Å². The van der Waals surface area contributed by atoms with Crippen molar-refractivity contribution in [3.8, 4) is 5.75 Å². The Bertz CT molecular complexity index is 1410. The van der Waals surface area contributed by atoms with E-state index in [1.165, 1.54) is 6.33 Å². The number of hydrogen-bond acceptors (Lipinski definition) is 9. The quantitative estimate of drug-likeness (QED) is 0.146. The van der Waals surface area contributed by atoms with E-state index >= 15 is 0 Å². The van der Waals surface area contributed by atoms with E-state index < -0.39 is 13.9 Å². The monoisotopic (exact) mass is 545 g/mol. The summed E-state index contributed by atoms with van der Waals surface area (Å²) in [6.07, 6.45) is 1.62. The van der Waals surface area contributed by atoms with Crippen molar-refractivity contribution in [1.82, 2.24) is 19.5 Å². The predicted molar refractivity (Wildman–Crippen MR) is 140 cm³/mol. The first-order chi connectivity index (χ1) is 17.9. The third-order valence-corrected chi connectivity index (χ3v) is 6.64. The first-order valence-corrected chi connectivity index (χ1v) is 12.9. The number of halogens is 1. The van der Waals surface area contributed by atoms with Gasteiger partial charge in [-0.2, -0.15) is 4.98 Å². The molecule has 0 saturated heterocycles. The summed E-state index contributed by atoms with van der Waals surface area (Å²) in [5.41, 5.74) is 7.16. The second-order valence-corrected chi connectivity index (χ2v) is 9.64. The fraction of sp³-hybridized carbons (Fsp3) is 0.250. The molecule has 0 amide bonds. The van der Waals surface area contributed by atoms with Crippen LogP contribution in [-0.4, -0.2) is 52.0 Å². The van der Waals surface area contributed by atoms with Gasteiger partial charge in [-0.3, -0.25) is 14.6 Å². The molecule has 0 bridgehead atoms. The Hall–Kier alpha value is -3.34. The molecular formula is C24H25ClN5O6P. The van der Waals surface area contributed by atoms with Gasteiger partial charge in [0, 0.05) is 17.1 Å². The molecule has 3 N–H and O–H groups in total. The van der Waals surface area contributed by atoms with Crippen molar-refractivity contribution in [3.05, 3.63) is 81.4 Å². The molecular weight excluding hydrogens is 521 g/mol. The maximum Gasteiger partial charge on any atom is 0.280 e. The largest absolute Gasteiger partial charge is 0.497 e. The number of benzene rings is 2. The number of carbonyl (C=O) groups is 1. The molecule has 13 heteroatoms. The van der Waals surface area contributed by atoms with Gasteiger partial charge in [0.2, 0.25) is 5.95 Å². The van der Waals surface area contributed by atoms with Crippen molar-refractivity contribution < 1.29 is 23.3 Å². The zero-order valence-electron chi connectivity index (χ0n) is 19.9. The molecule has 0 fully saturated rings. The van der Waals surface area contributed by atoms with Gasteiger partial charge in [-0.15, -0.1) is 0 Å². The number of hydrogen-bond donors (Lipinski definition) is 2. The van der Waals surface area contributed by atoms with Crippen LogP contribution < -0.4 is 16.0 Å². The molecule has 0 aliphatic rings. The van der Waals surface area contributed by atoms with E-state index in [2.05, 4.69) is 15.0 Å². The number of rotatable bonds is 13. The number of methoxy groups -OCH3 is 1. The molecule has 11 nitrogen and oxygen atoms in total. The molecule has 0 aliphatic heterocycles. The van der Waals surface area contributed by atoms with Gasteiger partial charge < -0.3 is 28.8 Å². The van der Waals surface area contributed by atoms with Crippen LogP contribution in [0.4, 0.5) is 5.95 Å². The Labute approximate surface area is 218 Å². The molecule has 0 radical (unpaired) electrons. The molecule has 4 aromatic rings. The fourth-order valence-corrected chi connectivity index (χ4v) is 4.58. The van der Waals surface area contributed by atoms with Crippen molar-refractivity contribution in [2.75, 3.05) is 32.4 Å². The number of fused-ring (bicyclic) bond motifs is 1. The van der Waals surface area contributed by atoms with E-state index in [9.17, 15) is 9.59 Å². The molecule has 2 aromatic carbocycles. The van der Waals surface area contributed by atoms with E-state index in [0.29, 0.717) is 28.5 Å². The zero-order valence-corrected chi connectivity index (χ0v) is 21.6. The van der Waals surface area contributed by atoms with Gasteiger partial charge in [-0.25, -0.2) is 4.98 Å². The topological polar surface area (TPSA) is 144 Å². The van der Waals surface area contributed by atoms with Crippen LogP contribution in [-0.2, 0) is 26.9 Å². The third-order valence-electron chi connectivity index (χ3n) is 5.18. The normalized spacial score (nSPS) is 12.1. The average molecular weight is 546 g/mol. The molecule has 37 heavy (non-hydrogen) atoms. The molecule has 1 atom stereocenters. The van der Waals surface area contributed by atoms with E-state index in [0.717, 1.165) is 5.56 Å². The molecule has 0 aliphatic carbocycles. The van der Waals surface area contributed by atoms with E-state index in [1.54, 1.807) is 48.1 Å². The predicted octanol–water partition coefficient (Wildman–Crippen LogP) is 3.77. The number of aromatic amines is 1. The second-order valence-electron chi connectivity index (χ2n) is 7.76. The minimum atomic E-state index is -1.57. The molecule has 0 spiro atoms. The van der Waals surface area contributed by atoms with Crippen LogP contribution in [0.1, 0.15) is 15.9 Å². The van der Waals surface area contributed by atoms with Crippen LogP contribution in [0.3, 0.4) is 0 Å². The van der Waals surface area contributed by atoms with Crippen molar-refractivity contribution in [2.24, 2.45) is 0 Å². The van der Waals surface area contributed by atoms with Gasteiger partial charge in [0.1, 0.15) is 18.7 Å². The van der Waals surface area contributed by atoms with Crippen LogP contribution in [0.15, 0.2) is 59.7 Å². The average Bonchev–Trinajstić information content (AvgIpc) is 3.30. The molecule has 2 aromatic heterocycles. The van der Waals surface area contributed by atoms with Gasteiger partial charge in [-0.05, 0) is 42.0 Å². The number of anilines is 1. The minimum absolute atomic E-state index is 0.00744. The number of nitrogens with zero attached hydrogens (tertiary/aromatic N) is 3. The highest BCUT2D eigenvalue weighted by atomic mass is 35.5. The Balaban J connectivity index is 1.34. The number of aromatic nitrogens is 4. The van der Waals surface area contributed by atoms with Crippen molar-refractivity contribution in [3.63, 3.8) is 0 Å². The fourth-order valence-electron chi connectivity index (χ4n) is 3.31. The second kappa shape index (κ2) is 12.8. The summed E-state index contributed by atoms with van der Waals surface area (Å²) in [5, 5.41) is 0.595. The first-order valence-electron chi connectivity index (χ1n) is 11.2. The van der Waals surface area contributed by atoms with Gasteiger partial charge >= 0.3 is 0 Å². The molecule has 2 heterocycles. The highest BCUT2D eigenvalue weighted by Gasteiger charge is 2.16. The maximum absolute atomic E-state index is 12.6. The summed E-state index contributed by atoms with van der Waals surface area (Å²) < 4.78 is 24.3. The number of ether oxygens (including phenoxy) is 2. The highest BCUT2D eigenvalue weighted by molar-refractivity contribution is 7.47. The maximum atomic E-state index is 12.6. The number of ketones is 1. The Morgan fingerprint density at radius 1 is 1.19 bits per heavy atom. The van der Waals surface area contributed by atoms with E-state index in [4.69, 9.17) is 35.9 Å². The van der Waals surface area contributed by atoms with Crippen LogP contribution in [0.5, 0.6) is 5.75 Å². The number of imidazole rings is 1. The third kappa shape index (κ3) is 7.34. The first kappa shape index (κ1) is 26.7. The summed E-state index contributed by atoms with van der Waals surface area (Å²) >= 11 is 6.06. The molecule has 0 saturated carbocycles. The molecule has 194 valence electrons. The summed E-state index contributed by atoms with van der Waals surface area (Å²) in [7, 11) is -0.00559. The Morgan fingerprint density at radius 3 is 2.76 bits per heavy atom. The SMILES string of the molecule is COc1ccc(C(=O)COP(COCCn2cnc3c(=O)[nH]c(N)nc32)OCc2cccc(Cl)c2)cc1. The smallest absolute Gasteiger partial charge is 0.280 e. The number of nitrogens with one attached hydrogen (secondary N) is 1. The summed E-state index contributed by atoms with van der Waals surface area (Å²) in [6.45, 7) is 0.698. The van der Waals surface area contributed by atoms with Crippen LogP contribution >= 0.6 is 20.0 Å². The lowest BCUT2D eigenvalue weighted by Crippen LogP contribution is -2.13. The number of Topliss-reactive ketones (excluding diaryl/α,β-unsaturated/α-hetero) is 1. The summed E-state index contributed by atoms with van der Waals surface area (Å²) in [4.78, 5) is 35.2. The number of nitrogens with two attached hydrogens (primary N) is 1. The van der Waals surface area contributed by atoms with Crippen molar-refractivity contribution in [2.45, 2.75) is 13.2 Å². The molecule has 4 rings (SSSR count). The lowest BCUT2D eigenvalue weighted by molar-refractivity contribution is 0.0896. The van der Waals surface area contributed by atoms with Crippen molar-refractivity contribution >= 4 is 42.9 Å². The van der Waals surface area contributed by atoms with Crippen LogP contribution in [0.25, 0.3) is 11.2 Å². The number of H-pyrrole nitrogens is 1. The van der Waals surface area contributed by atoms with E-state index in [-0.39, 0.29) is 43.4 Å². The Morgan fingerprint density at radius 2 is 2.00 bits per heavy atom. The highest BCUT2D eigenvalue weighted by Crippen LogP contribution is 2.39.